The van der Waals surface area contributed by atoms with E-state index >= 15 is 0 Å². The highest BCUT2D eigenvalue weighted by atomic mass is 35.5. The molecule has 0 unspecified atom stereocenters. The van der Waals surface area contributed by atoms with E-state index in [1.165, 1.54) is 12.8 Å². The molecule has 1 fully saturated rings. The number of carbonyl (C=O) groups excluding carboxylic acids is 1. The van der Waals surface area contributed by atoms with E-state index < -0.39 is 0 Å². The molecule has 19 heavy (non-hydrogen) atoms. The van der Waals surface area contributed by atoms with Crippen molar-refractivity contribution in [2.75, 3.05) is 6.54 Å². The second kappa shape index (κ2) is 6.39. The molecule has 1 aliphatic rings. The summed E-state index contributed by atoms with van der Waals surface area (Å²) >= 11 is 0. The van der Waals surface area contributed by atoms with E-state index in [1.54, 1.807) is 0 Å². The molecule has 1 aromatic rings. The van der Waals surface area contributed by atoms with Gasteiger partial charge in [-0.05, 0) is 31.7 Å². The van der Waals surface area contributed by atoms with E-state index in [-0.39, 0.29) is 23.9 Å². The van der Waals surface area contributed by atoms with Crippen molar-refractivity contribution in [1.82, 2.24) is 15.5 Å². The number of carbonyl (C=O) groups is 1. The van der Waals surface area contributed by atoms with Crippen molar-refractivity contribution in [3.05, 3.63) is 17.5 Å². The fraction of sp³-hybridized carbons (Fsp3) is 0.692. The minimum Gasteiger partial charge on any atom is -0.344 e. The fourth-order valence-corrected chi connectivity index (χ4v) is 2.13. The Morgan fingerprint density at radius 2 is 2.16 bits per heavy atom. The van der Waals surface area contributed by atoms with Gasteiger partial charge in [0, 0.05) is 18.2 Å². The predicted molar refractivity (Wildman–Crippen MR) is 77.6 cm³/mol. The number of nitrogens with two attached hydrogens (primary N) is 1. The summed E-state index contributed by atoms with van der Waals surface area (Å²) in [7, 11) is 0. The molecule has 0 radical (unpaired) electrons. The highest BCUT2D eigenvalue weighted by molar-refractivity contribution is 5.93. The van der Waals surface area contributed by atoms with E-state index in [9.17, 15) is 4.79 Å². The maximum Gasteiger partial charge on any atom is 0.272 e. The lowest BCUT2D eigenvalue weighted by Crippen LogP contribution is -2.52. The maximum absolute atomic E-state index is 12.1. The molecule has 0 aromatic carbocycles. The van der Waals surface area contributed by atoms with Crippen molar-refractivity contribution in [1.29, 1.82) is 0 Å². The number of nitrogens with zero attached hydrogens (tertiary/aromatic N) is 1. The third-order valence-corrected chi connectivity index (χ3v) is 3.97. The number of aromatic nitrogens is 2. The molecule has 1 amide bonds. The van der Waals surface area contributed by atoms with E-state index in [4.69, 9.17) is 5.73 Å². The maximum atomic E-state index is 12.1. The topological polar surface area (TPSA) is 83.8 Å². The van der Waals surface area contributed by atoms with Crippen LogP contribution in [0.25, 0.3) is 0 Å². The van der Waals surface area contributed by atoms with Gasteiger partial charge in [-0.2, -0.15) is 5.10 Å². The molecule has 4 N–H and O–H groups in total. The van der Waals surface area contributed by atoms with Gasteiger partial charge >= 0.3 is 0 Å². The first kappa shape index (κ1) is 16.0. The number of hydrogen-bond donors (Lipinski definition) is 3. The zero-order chi connectivity index (χ0) is 13.2. The number of hydrogen-bond acceptors (Lipinski definition) is 3. The van der Waals surface area contributed by atoms with Crippen molar-refractivity contribution in [2.45, 2.75) is 51.0 Å². The quantitative estimate of drug-likeness (QED) is 0.747. The second-order valence-electron chi connectivity index (χ2n) is 5.13. The number of aromatic amines is 1. The molecule has 0 saturated heterocycles. The van der Waals surface area contributed by atoms with Crippen LogP contribution in [0.2, 0.25) is 0 Å². The Morgan fingerprint density at radius 3 is 2.63 bits per heavy atom. The standard InChI is InChI=1S/C13H22N4O.ClH/c1-3-13(4-2,8-14)15-12(18)11-7-10(16-17-11)9-5-6-9;/h7,9H,3-6,8,14H2,1-2H3,(H,15,18)(H,16,17);1H. The normalized spacial score (nSPS) is 14.9. The SMILES string of the molecule is CCC(CC)(CN)NC(=O)c1cc(C2CC2)[nH]n1.Cl. The summed E-state index contributed by atoms with van der Waals surface area (Å²) in [4.78, 5) is 12.1. The first-order valence-electron chi connectivity index (χ1n) is 6.72. The van der Waals surface area contributed by atoms with Gasteiger partial charge in [-0.3, -0.25) is 9.89 Å². The fourth-order valence-electron chi connectivity index (χ4n) is 2.13. The first-order chi connectivity index (χ1) is 8.64. The molecule has 0 spiro atoms. The van der Waals surface area contributed by atoms with E-state index in [0.717, 1.165) is 18.5 Å². The Kier molecular flexibility index (Phi) is 5.38. The largest absolute Gasteiger partial charge is 0.344 e. The van der Waals surface area contributed by atoms with Crippen LogP contribution in [0.15, 0.2) is 6.07 Å². The highest BCUT2D eigenvalue weighted by Gasteiger charge is 2.30. The molecule has 6 heteroatoms. The summed E-state index contributed by atoms with van der Waals surface area (Å²) in [5, 5.41) is 10.1. The Balaban J connectivity index is 0.00000180. The summed E-state index contributed by atoms with van der Waals surface area (Å²) in [5.74, 6) is 0.447. The number of halogens is 1. The first-order valence-corrected chi connectivity index (χ1v) is 6.72. The van der Waals surface area contributed by atoms with Crippen LogP contribution in [0.5, 0.6) is 0 Å². The van der Waals surface area contributed by atoms with Crippen LogP contribution < -0.4 is 11.1 Å². The summed E-state index contributed by atoms with van der Waals surface area (Å²) < 4.78 is 0. The number of rotatable bonds is 6. The monoisotopic (exact) mass is 286 g/mol. The Bertz CT molecular complexity index is 416. The molecule has 2 rings (SSSR count). The van der Waals surface area contributed by atoms with Crippen molar-refractivity contribution in [2.24, 2.45) is 5.73 Å². The van der Waals surface area contributed by atoms with Crippen LogP contribution >= 0.6 is 12.4 Å². The molecule has 108 valence electrons. The summed E-state index contributed by atoms with van der Waals surface area (Å²) in [5.41, 5.74) is 7.01. The van der Waals surface area contributed by atoms with Crippen LogP contribution in [0.1, 0.15) is 61.6 Å². The molecule has 0 aliphatic heterocycles. The van der Waals surface area contributed by atoms with Gasteiger partial charge in [-0.25, -0.2) is 0 Å². The number of nitrogens with one attached hydrogen (secondary N) is 2. The summed E-state index contributed by atoms with van der Waals surface area (Å²) in [6.45, 7) is 4.53. The molecule has 1 saturated carbocycles. The van der Waals surface area contributed by atoms with Crippen LogP contribution in [0, 0.1) is 0 Å². The molecule has 0 atom stereocenters. The number of amides is 1. The van der Waals surface area contributed by atoms with Crippen molar-refractivity contribution < 1.29 is 4.79 Å². The Labute approximate surface area is 120 Å². The molecular weight excluding hydrogens is 264 g/mol. The van der Waals surface area contributed by atoms with Crippen LogP contribution in [0.4, 0.5) is 0 Å². The average molecular weight is 287 g/mol. The van der Waals surface area contributed by atoms with E-state index in [1.807, 2.05) is 19.9 Å². The number of H-pyrrole nitrogens is 1. The molecule has 1 aliphatic carbocycles. The Morgan fingerprint density at radius 1 is 1.53 bits per heavy atom. The smallest absolute Gasteiger partial charge is 0.272 e. The predicted octanol–water partition coefficient (Wildman–Crippen LogP) is 1.96. The zero-order valence-electron chi connectivity index (χ0n) is 11.5. The minimum absolute atomic E-state index is 0. The molecule has 5 nitrogen and oxygen atoms in total. The van der Waals surface area contributed by atoms with Crippen molar-refractivity contribution >= 4 is 18.3 Å². The summed E-state index contributed by atoms with van der Waals surface area (Å²) in [6, 6.07) is 1.86. The molecule has 0 bridgehead atoms. The molecule has 1 aromatic heterocycles. The lowest BCUT2D eigenvalue weighted by atomic mass is 9.93. The van der Waals surface area contributed by atoms with Gasteiger partial charge in [0.2, 0.25) is 0 Å². The summed E-state index contributed by atoms with van der Waals surface area (Å²) in [6.07, 6.45) is 4.04. The van der Waals surface area contributed by atoms with Gasteiger partial charge < -0.3 is 11.1 Å². The van der Waals surface area contributed by atoms with Gasteiger partial charge in [0.05, 0.1) is 5.54 Å². The third-order valence-electron chi connectivity index (χ3n) is 3.97. The lowest BCUT2D eigenvalue weighted by molar-refractivity contribution is 0.0890. The third kappa shape index (κ3) is 3.48. The van der Waals surface area contributed by atoms with Gasteiger partial charge in [0.1, 0.15) is 5.69 Å². The second-order valence-corrected chi connectivity index (χ2v) is 5.13. The highest BCUT2D eigenvalue weighted by Crippen LogP contribution is 2.39. The lowest BCUT2D eigenvalue weighted by Gasteiger charge is -2.31. The van der Waals surface area contributed by atoms with Crippen LogP contribution in [-0.2, 0) is 0 Å². The minimum atomic E-state index is -0.310. The van der Waals surface area contributed by atoms with Crippen LogP contribution in [0.3, 0.4) is 0 Å². The molecular formula is C13H23ClN4O. The van der Waals surface area contributed by atoms with E-state index in [2.05, 4.69) is 15.5 Å². The van der Waals surface area contributed by atoms with Gasteiger partial charge in [-0.15, -0.1) is 12.4 Å². The van der Waals surface area contributed by atoms with Gasteiger partial charge in [0.15, 0.2) is 0 Å². The van der Waals surface area contributed by atoms with Crippen molar-refractivity contribution in [3.63, 3.8) is 0 Å². The van der Waals surface area contributed by atoms with E-state index in [0.29, 0.717) is 18.2 Å². The molecule has 1 heterocycles. The van der Waals surface area contributed by atoms with Crippen LogP contribution in [-0.4, -0.2) is 28.2 Å². The average Bonchev–Trinajstić information content (AvgIpc) is 3.13. The Hall–Kier alpha value is -1.07. The van der Waals surface area contributed by atoms with Crippen molar-refractivity contribution in [3.8, 4) is 0 Å². The van der Waals surface area contributed by atoms with Gasteiger partial charge in [-0.1, -0.05) is 13.8 Å². The zero-order valence-corrected chi connectivity index (χ0v) is 12.3. The van der Waals surface area contributed by atoms with Gasteiger partial charge in [0.25, 0.3) is 5.91 Å².